The Morgan fingerprint density at radius 1 is 1.29 bits per heavy atom. The van der Waals surface area contributed by atoms with Gasteiger partial charge in [-0.05, 0) is 65.2 Å². The van der Waals surface area contributed by atoms with Gasteiger partial charge in [0.1, 0.15) is 5.54 Å². The van der Waals surface area contributed by atoms with Gasteiger partial charge in [-0.15, -0.1) is 0 Å². The summed E-state index contributed by atoms with van der Waals surface area (Å²) in [5.41, 5.74) is -0.284. The van der Waals surface area contributed by atoms with Crippen LogP contribution in [0.2, 0.25) is 0 Å². The van der Waals surface area contributed by atoms with Crippen molar-refractivity contribution in [3.63, 3.8) is 0 Å². The molecule has 120 valence electrons. The molecule has 4 heteroatoms. The lowest BCUT2D eigenvalue weighted by atomic mass is 9.78. The van der Waals surface area contributed by atoms with Crippen LogP contribution in [0.15, 0.2) is 0 Å². The highest BCUT2D eigenvalue weighted by molar-refractivity contribution is 5.11. The normalized spacial score (nSPS) is 36.1. The van der Waals surface area contributed by atoms with Gasteiger partial charge in [-0.3, -0.25) is 10.2 Å². The average molecular weight is 292 g/mol. The van der Waals surface area contributed by atoms with E-state index in [0.29, 0.717) is 12.1 Å². The van der Waals surface area contributed by atoms with Crippen molar-refractivity contribution in [1.82, 2.24) is 15.1 Å². The van der Waals surface area contributed by atoms with Gasteiger partial charge in [-0.2, -0.15) is 5.26 Å². The number of likely N-dealkylation sites (N-methyl/N-ethyl adjacent to an activating group) is 1. The second kappa shape index (κ2) is 7.58. The minimum Gasteiger partial charge on any atom is -0.305 e. The third-order valence-electron chi connectivity index (χ3n) is 5.34. The van der Waals surface area contributed by atoms with E-state index in [9.17, 15) is 5.26 Å². The van der Waals surface area contributed by atoms with Crippen molar-refractivity contribution < 1.29 is 0 Å². The summed E-state index contributed by atoms with van der Waals surface area (Å²) < 4.78 is 0. The van der Waals surface area contributed by atoms with Crippen LogP contribution in [0, 0.1) is 11.3 Å². The quantitative estimate of drug-likeness (QED) is 0.863. The Morgan fingerprint density at radius 3 is 2.76 bits per heavy atom. The molecule has 3 unspecified atom stereocenters. The van der Waals surface area contributed by atoms with Crippen LogP contribution in [-0.4, -0.2) is 60.6 Å². The zero-order chi connectivity index (χ0) is 15.3. The monoisotopic (exact) mass is 292 g/mol. The molecule has 0 aromatic rings. The summed E-state index contributed by atoms with van der Waals surface area (Å²) in [7, 11) is 2.24. The van der Waals surface area contributed by atoms with Crippen LogP contribution in [0.25, 0.3) is 0 Å². The molecule has 1 aliphatic heterocycles. The topological polar surface area (TPSA) is 42.3 Å². The number of nitrogens with zero attached hydrogens (tertiary/aromatic N) is 3. The maximum atomic E-state index is 9.67. The van der Waals surface area contributed by atoms with E-state index in [-0.39, 0.29) is 5.54 Å². The zero-order valence-corrected chi connectivity index (χ0v) is 14.1. The smallest absolute Gasteiger partial charge is 0.108 e. The molecule has 1 aliphatic carbocycles. The van der Waals surface area contributed by atoms with E-state index in [4.69, 9.17) is 0 Å². The first-order valence-corrected chi connectivity index (χ1v) is 8.74. The molecular formula is C17H32N4. The molecule has 1 N–H and O–H groups in total. The van der Waals surface area contributed by atoms with Gasteiger partial charge in [0, 0.05) is 18.6 Å². The molecule has 0 bridgehead atoms. The fourth-order valence-corrected chi connectivity index (χ4v) is 4.27. The highest BCUT2D eigenvalue weighted by atomic mass is 15.3. The summed E-state index contributed by atoms with van der Waals surface area (Å²) in [6, 6.07) is 3.83. The molecule has 21 heavy (non-hydrogen) atoms. The van der Waals surface area contributed by atoms with Gasteiger partial charge < -0.3 is 4.90 Å². The van der Waals surface area contributed by atoms with E-state index in [1.165, 1.54) is 45.3 Å². The highest BCUT2D eigenvalue weighted by Crippen LogP contribution is 2.33. The minimum absolute atomic E-state index is 0.284. The maximum Gasteiger partial charge on any atom is 0.108 e. The van der Waals surface area contributed by atoms with Gasteiger partial charge in [0.25, 0.3) is 0 Å². The van der Waals surface area contributed by atoms with Gasteiger partial charge in [0.15, 0.2) is 0 Å². The average Bonchev–Trinajstić information content (AvgIpc) is 2.69. The third kappa shape index (κ3) is 3.97. The van der Waals surface area contributed by atoms with Crippen LogP contribution in [0.1, 0.15) is 52.4 Å². The predicted molar refractivity (Wildman–Crippen MR) is 87.2 cm³/mol. The Bertz CT molecular complexity index is 360. The summed E-state index contributed by atoms with van der Waals surface area (Å²) in [6.45, 7) is 8.88. The summed E-state index contributed by atoms with van der Waals surface area (Å²) in [5.74, 6) is 0. The molecule has 1 saturated carbocycles. The van der Waals surface area contributed by atoms with Crippen molar-refractivity contribution in [1.29, 1.82) is 5.26 Å². The van der Waals surface area contributed by atoms with Crippen LogP contribution >= 0.6 is 0 Å². The molecule has 3 atom stereocenters. The van der Waals surface area contributed by atoms with Crippen LogP contribution in [-0.2, 0) is 0 Å². The van der Waals surface area contributed by atoms with E-state index in [2.05, 4.69) is 42.1 Å². The molecular weight excluding hydrogens is 260 g/mol. The Kier molecular flexibility index (Phi) is 6.04. The maximum absolute atomic E-state index is 9.67. The Labute approximate surface area is 130 Å². The van der Waals surface area contributed by atoms with Gasteiger partial charge in [-0.1, -0.05) is 13.8 Å². The molecule has 2 fully saturated rings. The highest BCUT2D eigenvalue weighted by Gasteiger charge is 2.39. The van der Waals surface area contributed by atoms with Crippen LogP contribution in [0.4, 0.5) is 0 Å². The molecule has 1 heterocycles. The molecule has 0 radical (unpaired) electrons. The lowest BCUT2D eigenvalue weighted by Crippen LogP contribution is -2.55. The molecule has 0 aromatic heterocycles. The Balaban J connectivity index is 2.10. The number of rotatable bonds is 4. The van der Waals surface area contributed by atoms with E-state index in [0.717, 1.165) is 19.4 Å². The first-order chi connectivity index (χ1) is 10.1. The molecule has 4 nitrogen and oxygen atoms in total. The van der Waals surface area contributed by atoms with Crippen molar-refractivity contribution >= 4 is 0 Å². The summed E-state index contributed by atoms with van der Waals surface area (Å²) >= 11 is 0. The zero-order valence-electron chi connectivity index (χ0n) is 14.1. The Hall–Kier alpha value is -0.630. The number of nitrogens with one attached hydrogen (secondary N) is 1. The van der Waals surface area contributed by atoms with Crippen molar-refractivity contribution in [3.8, 4) is 6.07 Å². The summed E-state index contributed by atoms with van der Waals surface area (Å²) in [4.78, 5) is 5.20. The van der Waals surface area contributed by atoms with Crippen LogP contribution < -0.4 is 5.32 Å². The molecule has 2 rings (SSSR count). The fraction of sp³-hybridized carbons (Fsp3) is 0.941. The van der Waals surface area contributed by atoms with Crippen molar-refractivity contribution in [2.75, 3.05) is 33.2 Å². The van der Waals surface area contributed by atoms with E-state index in [1.807, 2.05) is 0 Å². The minimum atomic E-state index is -0.284. The van der Waals surface area contributed by atoms with Crippen molar-refractivity contribution in [2.24, 2.45) is 0 Å². The molecule has 0 aromatic carbocycles. The van der Waals surface area contributed by atoms with Crippen LogP contribution in [0.3, 0.4) is 0 Å². The molecule has 2 aliphatic rings. The SMILES string of the molecule is CCNC1(C#N)CCCC(N2CCCN(C)CC2CC)C1. The summed E-state index contributed by atoms with van der Waals surface area (Å²) in [6.07, 6.45) is 6.91. The lowest BCUT2D eigenvalue weighted by molar-refractivity contribution is 0.0781. The lowest BCUT2D eigenvalue weighted by Gasteiger charge is -2.44. The van der Waals surface area contributed by atoms with E-state index >= 15 is 0 Å². The van der Waals surface area contributed by atoms with Gasteiger partial charge in [0.05, 0.1) is 6.07 Å². The first kappa shape index (κ1) is 16.7. The standard InChI is InChI=1S/C17H32N4/c1-4-15-13-20(3)10-7-11-21(15)16-8-6-9-17(12-16,14-18)19-5-2/h15-16,19H,4-13H2,1-3H3. The number of nitriles is 1. The van der Waals surface area contributed by atoms with Gasteiger partial charge in [-0.25, -0.2) is 0 Å². The van der Waals surface area contributed by atoms with Gasteiger partial charge in [0.2, 0.25) is 0 Å². The fourth-order valence-electron chi connectivity index (χ4n) is 4.27. The number of hydrogen-bond donors (Lipinski definition) is 1. The second-order valence-electron chi connectivity index (χ2n) is 6.89. The predicted octanol–water partition coefficient (Wildman–Crippen LogP) is 2.22. The molecule has 0 spiro atoms. The Morgan fingerprint density at radius 2 is 2.10 bits per heavy atom. The largest absolute Gasteiger partial charge is 0.305 e. The second-order valence-corrected chi connectivity index (χ2v) is 6.89. The van der Waals surface area contributed by atoms with Crippen molar-refractivity contribution in [2.45, 2.75) is 70.0 Å². The first-order valence-electron chi connectivity index (χ1n) is 8.74. The summed E-state index contributed by atoms with van der Waals surface area (Å²) in [5, 5.41) is 13.1. The van der Waals surface area contributed by atoms with Gasteiger partial charge >= 0.3 is 0 Å². The van der Waals surface area contributed by atoms with Crippen molar-refractivity contribution in [3.05, 3.63) is 0 Å². The van der Waals surface area contributed by atoms with E-state index in [1.54, 1.807) is 0 Å². The van der Waals surface area contributed by atoms with Crippen LogP contribution in [0.5, 0.6) is 0 Å². The third-order valence-corrected chi connectivity index (χ3v) is 5.34. The molecule has 0 amide bonds. The van der Waals surface area contributed by atoms with E-state index < -0.39 is 0 Å². The molecule has 1 saturated heterocycles. The number of hydrogen-bond acceptors (Lipinski definition) is 4.